The molecule has 0 aliphatic rings. The third kappa shape index (κ3) is 4.48. The summed E-state index contributed by atoms with van der Waals surface area (Å²) in [5.74, 6) is 0. The molecule has 0 spiro atoms. The molecule has 5 heteroatoms. The van der Waals surface area contributed by atoms with Crippen LogP contribution in [-0.4, -0.2) is 8.42 Å². The van der Waals surface area contributed by atoms with Crippen molar-refractivity contribution in [3.05, 3.63) is 71.8 Å². The summed E-state index contributed by atoms with van der Waals surface area (Å²) in [7, 11) is -3.74. The van der Waals surface area contributed by atoms with E-state index < -0.39 is 10.2 Å². The Labute approximate surface area is 113 Å². The van der Waals surface area contributed by atoms with E-state index in [0.29, 0.717) is 6.42 Å². The van der Waals surface area contributed by atoms with Crippen molar-refractivity contribution < 1.29 is 8.42 Å². The lowest BCUT2D eigenvalue weighted by atomic mass is 10.00. The molecule has 2 aromatic carbocycles. The van der Waals surface area contributed by atoms with Gasteiger partial charge in [-0.3, -0.25) is 0 Å². The van der Waals surface area contributed by atoms with E-state index in [-0.39, 0.29) is 6.04 Å². The minimum atomic E-state index is -3.74. The molecule has 0 bridgehead atoms. The monoisotopic (exact) mass is 276 g/mol. The van der Waals surface area contributed by atoms with Gasteiger partial charge in [-0.25, -0.2) is 5.14 Å². The summed E-state index contributed by atoms with van der Waals surface area (Å²) in [6.07, 6.45) is 0.557. The van der Waals surface area contributed by atoms with E-state index in [9.17, 15) is 8.42 Å². The first kappa shape index (κ1) is 13.7. The highest BCUT2D eigenvalue weighted by molar-refractivity contribution is 7.87. The van der Waals surface area contributed by atoms with Crippen LogP contribution in [0.4, 0.5) is 0 Å². The lowest BCUT2D eigenvalue weighted by Gasteiger charge is -2.17. The molecule has 2 aromatic rings. The van der Waals surface area contributed by atoms with Crippen molar-refractivity contribution in [3.63, 3.8) is 0 Å². The fraction of sp³-hybridized carbons (Fsp3) is 0.143. The third-order valence-corrected chi connectivity index (χ3v) is 3.40. The predicted octanol–water partition coefficient (Wildman–Crippen LogP) is 1.76. The maximum absolute atomic E-state index is 11.3. The van der Waals surface area contributed by atoms with Gasteiger partial charge in [0.05, 0.1) is 6.04 Å². The molecule has 0 unspecified atom stereocenters. The summed E-state index contributed by atoms with van der Waals surface area (Å²) >= 11 is 0. The van der Waals surface area contributed by atoms with Gasteiger partial charge in [-0.2, -0.15) is 13.1 Å². The summed E-state index contributed by atoms with van der Waals surface area (Å²) in [6, 6.07) is 18.7. The summed E-state index contributed by atoms with van der Waals surface area (Å²) in [5, 5.41) is 5.09. The summed E-state index contributed by atoms with van der Waals surface area (Å²) in [4.78, 5) is 0. The lowest BCUT2D eigenvalue weighted by molar-refractivity contribution is 0.556. The zero-order chi connectivity index (χ0) is 13.7. The number of rotatable bonds is 5. The molecule has 0 heterocycles. The number of nitrogens with one attached hydrogen (secondary N) is 1. The highest BCUT2D eigenvalue weighted by Crippen LogP contribution is 2.18. The van der Waals surface area contributed by atoms with Crippen molar-refractivity contribution in [3.8, 4) is 0 Å². The van der Waals surface area contributed by atoms with Gasteiger partial charge in [0.1, 0.15) is 0 Å². The average molecular weight is 276 g/mol. The van der Waals surface area contributed by atoms with Crippen molar-refractivity contribution in [2.45, 2.75) is 12.5 Å². The molecule has 2 rings (SSSR count). The van der Waals surface area contributed by atoms with Crippen LogP contribution in [-0.2, 0) is 16.6 Å². The highest BCUT2D eigenvalue weighted by Gasteiger charge is 2.16. The molecular weight excluding hydrogens is 260 g/mol. The molecule has 3 N–H and O–H groups in total. The number of hydrogen-bond acceptors (Lipinski definition) is 2. The van der Waals surface area contributed by atoms with E-state index in [1.807, 2.05) is 60.7 Å². The SMILES string of the molecule is NS(=O)(=O)N[C@@H](Cc1ccccc1)c1ccccc1. The van der Waals surface area contributed by atoms with Crippen LogP contribution in [0.1, 0.15) is 17.2 Å². The Hall–Kier alpha value is -1.69. The van der Waals surface area contributed by atoms with Gasteiger partial charge in [0, 0.05) is 0 Å². The molecule has 0 aliphatic heterocycles. The summed E-state index contributed by atoms with van der Waals surface area (Å²) < 4.78 is 25.0. The molecule has 19 heavy (non-hydrogen) atoms. The number of nitrogens with two attached hydrogens (primary N) is 1. The van der Waals surface area contributed by atoms with Crippen molar-refractivity contribution in [2.75, 3.05) is 0 Å². The quantitative estimate of drug-likeness (QED) is 0.873. The number of benzene rings is 2. The van der Waals surface area contributed by atoms with Gasteiger partial charge < -0.3 is 0 Å². The van der Waals surface area contributed by atoms with E-state index >= 15 is 0 Å². The van der Waals surface area contributed by atoms with Crippen molar-refractivity contribution in [1.82, 2.24) is 4.72 Å². The molecule has 0 amide bonds. The van der Waals surface area contributed by atoms with E-state index in [4.69, 9.17) is 5.14 Å². The predicted molar refractivity (Wildman–Crippen MR) is 75.6 cm³/mol. The van der Waals surface area contributed by atoms with Gasteiger partial charge in [0.2, 0.25) is 0 Å². The van der Waals surface area contributed by atoms with Crippen molar-refractivity contribution in [2.24, 2.45) is 5.14 Å². The fourth-order valence-electron chi connectivity index (χ4n) is 1.96. The first-order chi connectivity index (χ1) is 9.04. The van der Waals surface area contributed by atoms with Crippen LogP contribution in [0.5, 0.6) is 0 Å². The summed E-state index contributed by atoms with van der Waals surface area (Å²) in [5.41, 5.74) is 1.94. The van der Waals surface area contributed by atoms with Gasteiger partial charge in [-0.15, -0.1) is 0 Å². The maximum Gasteiger partial charge on any atom is 0.274 e. The second kappa shape index (κ2) is 5.97. The minimum absolute atomic E-state index is 0.362. The minimum Gasteiger partial charge on any atom is -0.216 e. The molecule has 100 valence electrons. The Balaban J connectivity index is 2.25. The van der Waals surface area contributed by atoms with Crippen LogP contribution in [0, 0.1) is 0 Å². The third-order valence-electron chi connectivity index (χ3n) is 2.79. The van der Waals surface area contributed by atoms with Gasteiger partial charge >= 0.3 is 0 Å². The van der Waals surface area contributed by atoms with Crippen LogP contribution in [0.15, 0.2) is 60.7 Å². The van der Waals surface area contributed by atoms with Crippen molar-refractivity contribution in [1.29, 1.82) is 0 Å². The fourth-order valence-corrected chi connectivity index (χ4v) is 2.58. The van der Waals surface area contributed by atoms with Crippen LogP contribution in [0.3, 0.4) is 0 Å². The van der Waals surface area contributed by atoms with E-state index in [1.54, 1.807) is 0 Å². The molecule has 0 fully saturated rings. The first-order valence-corrected chi connectivity index (χ1v) is 7.48. The number of hydrogen-bond donors (Lipinski definition) is 2. The smallest absolute Gasteiger partial charge is 0.216 e. The van der Waals surface area contributed by atoms with Crippen LogP contribution >= 0.6 is 0 Å². The van der Waals surface area contributed by atoms with Crippen molar-refractivity contribution >= 4 is 10.2 Å². The molecular formula is C14H16N2O2S. The zero-order valence-electron chi connectivity index (χ0n) is 10.4. The van der Waals surface area contributed by atoms with Crippen LogP contribution in [0.2, 0.25) is 0 Å². The Morgan fingerprint density at radius 1 is 0.947 bits per heavy atom. The summed E-state index contributed by atoms with van der Waals surface area (Å²) in [6.45, 7) is 0. The highest BCUT2D eigenvalue weighted by atomic mass is 32.2. The zero-order valence-corrected chi connectivity index (χ0v) is 11.2. The standard InChI is InChI=1S/C14H16N2O2S/c15-19(17,18)16-14(13-9-5-2-6-10-13)11-12-7-3-1-4-8-12/h1-10,14,16H,11H2,(H2,15,17,18)/t14-/m0/s1. The molecule has 0 saturated carbocycles. The maximum atomic E-state index is 11.3. The molecule has 0 aromatic heterocycles. The first-order valence-electron chi connectivity index (χ1n) is 5.93. The van der Waals surface area contributed by atoms with Gasteiger partial charge in [-0.1, -0.05) is 60.7 Å². The molecule has 1 atom stereocenters. The van der Waals surface area contributed by atoms with Gasteiger partial charge in [-0.05, 0) is 17.5 Å². The largest absolute Gasteiger partial charge is 0.274 e. The Bertz CT molecular complexity index is 612. The van der Waals surface area contributed by atoms with Gasteiger partial charge in [0.25, 0.3) is 10.2 Å². The molecule has 0 radical (unpaired) electrons. The van der Waals surface area contributed by atoms with E-state index in [2.05, 4.69) is 4.72 Å². The molecule has 0 aliphatic carbocycles. The van der Waals surface area contributed by atoms with E-state index in [1.165, 1.54) is 0 Å². The topological polar surface area (TPSA) is 72.2 Å². The van der Waals surface area contributed by atoms with Gasteiger partial charge in [0.15, 0.2) is 0 Å². The van der Waals surface area contributed by atoms with E-state index in [0.717, 1.165) is 11.1 Å². The molecule has 0 saturated heterocycles. The van der Waals surface area contributed by atoms with Crippen LogP contribution < -0.4 is 9.86 Å². The Kier molecular flexibility index (Phi) is 4.31. The van der Waals surface area contributed by atoms with Crippen LogP contribution in [0.25, 0.3) is 0 Å². The normalized spacial score (nSPS) is 13.1. The lowest BCUT2D eigenvalue weighted by Crippen LogP contribution is -2.35. The Morgan fingerprint density at radius 3 is 2.00 bits per heavy atom. The second-order valence-electron chi connectivity index (χ2n) is 4.32. The second-order valence-corrected chi connectivity index (χ2v) is 5.64. The average Bonchev–Trinajstić information content (AvgIpc) is 2.39. The Morgan fingerprint density at radius 2 is 1.47 bits per heavy atom. The molecule has 4 nitrogen and oxygen atoms in total.